The average molecular weight is 430 g/mol. The molecule has 1 atom stereocenters. The summed E-state index contributed by atoms with van der Waals surface area (Å²) in [5.41, 5.74) is 2.28. The molecule has 1 saturated carbocycles. The van der Waals surface area contributed by atoms with E-state index in [2.05, 4.69) is 20.6 Å². The van der Waals surface area contributed by atoms with Crippen molar-refractivity contribution in [1.29, 1.82) is 0 Å². The lowest BCUT2D eigenvalue weighted by Gasteiger charge is -2.36. The molecule has 4 rings (SSSR count). The molecule has 1 saturated heterocycles. The summed E-state index contributed by atoms with van der Waals surface area (Å²) in [6.45, 7) is 3.13. The van der Waals surface area contributed by atoms with E-state index in [4.69, 9.17) is 0 Å². The van der Waals surface area contributed by atoms with Gasteiger partial charge in [-0.15, -0.1) is 0 Å². The molecule has 2 amide bonds. The Morgan fingerprint density at radius 2 is 1.74 bits per heavy atom. The van der Waals surface area contributed by atoms with Crippen molar-refractivity contribution >= 4 is 6.03 Å². The summed E-state index contributed by atoms with van der Waals surface area (Å²) >= 11 is 0. The van der Waals surface area contributed by atoms with Gasteiger partial charge < -0.3 is 10.6 Å². The molecule has 0 spiro atoms. The third-order valence-corrected chi connectivity index (χ3v) is 7.31. The molecule has 0 bridgehead atoms. The van der Waals surface area contributed by atoms with Gasteiger partial charge in [0.2, 0.25) is 0 Å². The smallest absolute Gasteiger partial charge is 0.315 e. The molecule has 3 aliphatic rings. The lowest BCUT2D eigenvalue weighted by atomic mass is 9.97. The van der Waals surface area contributed by atoms with Gasteiger partial charge in [-0.25, -0.2) is 9.48 Å². The van der Waals surface area contributed by atoms with E-state index < -0.39 is 0 Å². The summed E-state index contributed by atoms with van der Waals surface area (Å²) in [7, 11) is 0. The predicted octanol–water partition coefficient (Wildman–Crippen LogP) is 3.00. The van der Waals surface area contributed by atoms with Crippen LogP contribution in [0.5, 0.6) is 0 Å². The molecule has 0 aromatic carbocycles. The Balaban J connectivity index is 1.27. The molecule has 7 heteroatoms. The first-order chi connectivity index (χ1) is 15.2. The van der Waals surface area contributed by atoms with Crippen LogP contribution in [0.15, 0.2) is 10.9 Å². The highest BCUT2D eigenvalue weighted by Gasteiger charge is 2.24. The van der Waals surface area contributed by atoms with Gasteiger partial charge in [-0.1, -0.05) is 32.1 Å². The van der Waals surface area contributed by atoms with Crippen molar-refractivity contribution in [3.8, 4) is 0 Å². The van der Waals surface area contributed by atoms with Crippen LogP contribution in [0.25, 0.3) is 0 Å². The number of carbonyl (C=O) groups is 1. The Hall–Kier alpha value is -1.89. The second-order valence-electron chi connectivity index (χ2n) is 9.61. The molecule has 0 radical (unpaired) electrons. The number of piperidine rings is 1. The van der Waals surface area contributed by atoms with Crippen molar-refractivity contribution in [3.05, 3.63) is 27.7 Å². The number of hydrogen-bond donors (Lipinski definition) is 2. The van der Waals surface area contributed by atoms with Crippen LogP contribution in [0.4, 0.5) is 4.79 Å². The van der Waals surface area contributed by atoms with Crippen LogP contribution in [0.1, 0.15) is 81.9 Å². The maximum absolute atomic E-state index is 12.5. The van der Waals surface area contributed by atoms with Crippen molar-refractivity contribution in [3.63, 3.8) is 0 Å². The minimum Gasteiger partial charge on any atom is -0.337 e. The number of rotatable bonds is 6. The Morgan fingerprint density at radius 1 is 0.968 bits per heavy atom. The largest absolute Gasteiger partial charge is 0.337 e. The van der Waals surface area contributed by atoms with Gasteiger partial charge in [0, 0.05) is 31.2 Å². The zero-order valence-electron chi connectivity index (χ0n) is 18.9. The predicted molar refractivity (Wildman–Crippen MR) is 122 cm³/mol. The van der Waals surface area contributed by atoms with Crippen molar-refractivity contribution in [1.82, 2.24) is 25.3 Å². The third kappa shape index (κ3) is 6.31. The minimum absolute atomic E-state index is 0.0232. The Kier molecular flexibility index (Phi) is 8.00. The first-order valence-corrected chi connectivity index (χ1v) is 12.6. The van der Waals surface area contributed by atoms with Crippen LogP contribution >= 0.6 is 0 Å². The normalized spacial score (nSPS) is 23.0. The molecular formula is C24H39N5O2. The fraction of sp³-hybridized carbons (Fsp3) is 0.792. The monoisotopic (exact) mass is 429 g/mol. The molecular weight excluding hydrogens is 390 g/mol. The molecule has 1 aliphatic heterocycles. The number of likely N-dealkylation sites (tertiary alicyclic amines) is 1. The first-order valence-electron chi connectivity index (χ1n) is 12.6. The molecule has 1 aromatic heterocycles. The standard InChI is InChI=1S/C24H39N5O2/c30-23-17-19-9-5-6-13-22(19)27-29(23)16-15-28-14-8-7-12-21(28)18-25-24(31)26-20-10-3-1-2-4-11-20/h17,20-21H,1-16,18H2,(H2,25,26,31). The van der Waals surface area contributed by atoms with Gasteiger partial charge in [-0.2, -0.15) is 5.10 Å². The van der Waals surface area contributed by atoms with Crippen LogP contribution in [0.3, 0.4) is 0 Å². The molecule has 31 heavy (non-hydrogen) atoms. The summed E-state index contributed by atoms with van der Waals surface area (Å²) < 4.78 is 1.65. The van der Waals surface area contributed by atoms with Gasteiger partial charge in [0.25, 0.3) is 5.56 Å². The van der Waals surface area contributed by atoms with Crippen molar-refractivity contribution in [2.75, 3.05) is 19.6 Å². The van der Waals surface area contributed by atoms with Crippen LogP contribution in [-0.4, -0.2) is 52.4 Å². The molecule has 2 fully saturated rings. The summed E-state index contributed by atoms with van der Waals surface area (Å²) in [6, 6.07) is 2.44. The molecule has 1 aromatic rings. The van der Waals surface area contributed by atoms with Crippen LogP contribution in [0, 0.1) is 0 Å². The molecule has 2 N–H and O–H groups in total. The summed E-state index contributed by atoms with van der Waals surface area (Å²) in [6.07, 6.45) is 15.0. The topological polar surface area (TPSA) is 79.3 Å². The van der Waals surface area contributed by atoms with Crippen molar-refractivity contribution in [2.24, 2.45) is 0 Å². The maximum atomic E-state index is 12.5. The first kappa shape index (κ1) is 22.3. The fourth-order valence-corrected chi connectivity index (χ4v) is 5.44. The number of nitrogens with one attached hydrogen (secondary N) is 2. The van der Waals surface area contributed by atoms with Gasteiger partial charge in [0.05, 0.1) is 12.2 Å². The number of fused-ring (bicyclic) bond motifs is 1. The minimum atomic E-state index is -0.0232. The summed E-state index contributed by atoms with van der Waals surface area (Å²) in [4.78, 5) is 27.4. The average Bonchev–Trinajstić information content (AvgIpc) is 3.05. The van der Waals surface area contributed by atoms with E-state index in [1.54, 1.807) is 10.7 Å². The zero-order valence-corrected chi connectivity index (χ0v) is 18.9. The van der Waals surface area contributed by atoms with Crippen LogP contribution in [-0.2, 0) is 19.4 Å². The van der Waals surface area contributed by atoms with Crippen LogP contribution in [0.2, 0.25) is 0 Å². The highest BCUT2D eigenvalue weighted by atomic mass is 16.2. The van der Waals surface area contributed by atoms with E-state index in [9.17, 15) is 9.59 Å². The van der Waals surface area contributed by atoms with Gasteiger partial charge in [0.1, 0.15) is 0 Å². The number of hydrogen-bond acceptors (Lipinski definition) is 4. The van der Waals surface area contributed by atoms with E-state index in [0.717, 1.165) is 62.9 Å². The number of amides is 2. The second kappa shape index (κ2) is 11.1. The fourth-order valence-electron chi connectivity index (χ4n) is 5.44. The van der Waals surface area contributed by atoms with Gasteiger partial charge in [0.15, 0.2) is 0 Å². The van der Waals surface area contributed by atoms with Crippen molar-refractivity contribution in [2.45, 2.75) is 102 Å². The molecule has 172 valence electrons. The number of aryl methyl sites for hydroxylation is 2. The summed E-state index contributed by atoms with van der Waals surface area (Å²) in [5.74, 6) is 0. The van der Waals surface area contributed by atoms with E-state index in [1.807, 2.05) is 0 Å². The number of nitrogens with zero attached hydrogens (tertiary/aromatic N) is 3. The Bertz CT molecular complexity index is 785. The van der Waals surface area contributed by atoms with Crippen molar-refractivity contribution < 1.29 is 4.79 Å². The molecule has 2 aliphatic carbocycles. The molecule has 1 unspecified atom stereocenters. The SMILES string of the molecule is O=C(NCC1CCCCN1CCn1nc2c(cc1=O)CCCC2)NC1CCCCCC1. The second-order valence-corrected chi connectivity index (χ2v) is 9.61. The van der Waals surface area contributed by atoms with Gasteiger partial charge in [-0.05, 0) is 63.5 Å². The highest BCUT2D eigenvalue weighted by molar-refractivity contribution is 5.74. The Morgan fingerprint density at radius 3 is 2.58 bits per heavy atom. The highest BCUT2D eigenvalue weighted by Crippen LogP contribution is 2.19. The van der Waals surface area contributed by atoms with E-state index in [0.29, 0.717) is 25.2 Å². The lowest BCUT2D eigenvalue weighted by Crippen LogP contribution is -2.51. The van der Waals surface area contributed by atoms with E-state index >= 15 is 0 Å². The summed E-state index contributed by atoms with van der Waals surface area (Å²) in [5, 5.41) is 11.0. The van der Waals surface area contributed by atoms with Crippen LogP contribution < -0.4 is 16.2 Å². The Labute approximate surface area is 186 Å². The quantitative estimate of drug-likeness (QED) is 0.682. The number of carbonyl (C=O) groups excluding carboxylic acids is 1. The number of aromatic nitrogens is 2. The lowest BCUT2D eigenvalue weighted by molar-refractivity contribution is 0.138. The number of urea groups is 1. The van der Waals surface area contributed by atoms with E-state index in [1.165, 1.54) is 44.9 Å². The molecule has 7 nitrogen and oxygen atoms in total. The molecule has 2 heterocycles. The van der Waals surface area contributed by atoms with E-state index in [-0.39, 0.29) is 11.6 Å². The van der Waals surface area contributed by atoms with Gasteiger partial charge in [-0.3, -0.25) is 9.69 Å². The third-order valence-electron chi connectivity index (χ3n) is 7.31. The maximum Gasteiger partial charge on any atom is 0.315 e. The zero-order chi connectivity index (χ0) is 21.5. The van der Waals surface area contributed by atoms with Gasteiger partial charge >= 0.3 is 6.03 Å².